The number of anilines is 1. The molecule has 0 spiro atoms. The number of halogens is 3. The number of carboxylic acids is 1. The molecule has 1 saturated heterocycles. The highest BCUT2D eigenvalue weighted by atomic mass is 32.1. The molecule has 8 heteroatoms. The highest BCUT2D eigenvalue weighted by molar-refractivity contribution is 7.17. The Hall–Kier alpha value is -1.31. The Morgan fingerprint density at radius 3 is 2.33 bits per heavy atom. The molecule has 1 aliphatic carbocycles. The van der Waals surface area contributed by atoms with Crippen LogP contribution in [-0.2, 0) is 0 Å². The van der Waals surface area contributed by atoms with Crippen LogP contribution in [0.25, 0.3) is 0 Å². The number of rotatable bonds is 3. The molecule has 1 saturated carbocycles. The lowest BCUT2D eigenvalue weighted by atomic mass is 9.97. The predicted molar refractivity (Wildman–Crippen MR) is 72.0 cm³/mol. The monoisotopic (exact) mass is 320 g/mol. The van der Waals surface area contributed by atoms with Crippen LogP contribution in [0.2, 0.25) is 0 Å². The summed E-state index contributed by atoms with van der Waals surface area (Å²) in [4.78, 5) is 17.6. The lowest BCUT2D eigenvalue weighted by molar-refractivity contribution is -0.179. The van der Waals surface area contributed by atoms with Crippen molar-refractivity contribution < 1.29 is 23.1 Å². The Morgan fingerprint density at radius 1 is 1.24 bits per heavy atom. The van der Waals surface area contributed by atoms with Crippen LogP contribution in [0, 0.1) is 5.92 Å². The van der Waals surface area contributed by atoms with Gasteiger partial charge in [-0.2, -0.15) is 13.2 Å². The van der Waals surface area contributed by atoms with Crippen molar-refractivity contribution in [2.75, 3.05) is 18.0 Å². The molecule has 3 rings (SSSR count). The summed E-state index contributed by atoms with van der Waals surface area (Å²) in [7, 11) is 0. The Kier molecular flexibility index (Phi) is 3.59. The van der Waals surface area contributed by atoms with E-state index in [1.165, 1.54) is 0 Å². The molecule has 2 heterocycles. The zero-order chi connectivity index (χ0) is 15.2. The number of alkyl halides is 3. The van der Waals surface area contributed by atoms with E-state index in [-0.39, 0.29) is 36.7 Å². The van der Waals surface area contributed by atoms with Gasteiger partial charge in [-0.25, -0.2) is 9.78 Å². The number of hydrogen-bond acceptors (Lipinski definition) is 4. The Bertz CT molecular complexity index is 546. The number of piperidine rings is 1. The fraction of sp³-hybridized carbons (Fsp3) is 0.692. The van der Waals surface area contributed by atoms with E-state index in [0.29, 0.717) is 10.8 Å². The molecule has 1 aromatic rings. The molecule has 1 aromatic heterocycles. The number of carbonyl (C=O) groups is 1. The van der Waals surface area contributed by atoms with Crippen molar-refractivity contribution in [3.05, 3.63) is 10.6 Å². The summed E-state index contributed by atoms with van der Waals surface area (Å²) in [5.41, 5.74) is 0.612. The maximum Gasteiger partial charge on any atom is 0.391 e. The Labute approximate surface area is 123 Å². The average molecular weight is 320 g/mol. The van der Waals surface area contributed by atoms with Gasteiger partial charge in [0.15, 0.2) is 5.13 Å². The minimum atomic E-state index is -4.14. The summed E-state index contributed by atoms with van der Waals surface area (Å²) >= 11 is 1.09. The van der Waals surface area contributed by atoms with Crippen molar-refractivity contribution >= 4 is 22.4 Å². The summed E-state index contributed by atoms with van der Waals surface area (Å²) in [6, 6.07) is 0. The van der Waals surface area contributed by atoms with E-state index in [9.17, 15) is 23.1 Å². The van der Waals surface area contributed by atoms with Gasteiger partial charge < -0.3 is 10.0 Å². The van der Waals surface area contributed by atoms with E-state index in [1.54, 1.807) is 4.90 Å². The van der Waals surface area contributed by atoms with Gasteiger partial charge >= 0.3 is 12.1 Å². The van der Waals surface area contributed by atoms with Gasteiger partial charge in [0.25, 0.3) is 0 Å². The van der Waals surface area contributed by atoms with E-state index in [2.05, 4.69) is 4.98 Å². The average Bonchev–Trinajstić information content (AvgIpc) is 3.16. The SMILES string of the molecule is O=C(O)c1sc(N2CCC(C(F)(F)F)CC2)nc1C1CC1. The summed E-state index contributed by atoms with van der Waals surface area (Å²) in [5, 5.41) is 9.76. The Balaban J connectivity index is 1.74. The molecule has 0 unspecified atom stereocenters. The zero-order valence-corrected chi connectivity index (χ0v) is 12.0. The van der Waals surface area contributed by atoms with Gasteiger partial charge in [0, 0.05) is 19.0 Å². The molecule has 2 aliphatic rings. The summed E-state index contributed by atoms with van der Waals surface area (Å²) in [6.07, 6.45) is -2.16. The van der Waals surface area contributed by atoms with Gasteiger partial charge in [-0.15, -0.1) is 0 Å². The number of nitrogens with zero attached hydrogens (tertiary/aromatic N) is 2. The minimum absolute atomic E-state index is 0.0459. The van der Waals surface area contributed by atoms with Crippen molar-refractivity contribution in [1.29, 1.82) is 0 Å². The molecule has 2 fully saturated rings. The number of thiazole rings is 1. The van der Waals surface area contributed by atoms with Crippen LogP contribution >= 0.6 is 11.3 Å². The topological polar surface area (TPSA) is 53.4 Å². The lowest BCUT2D eigenvalue weighted by Crippen LogP contribution is -2.38. The molecule has 0 radical (unpaired) electrons. The fourth-order valence-corrected chi connectivity index (χ4v) is 3.68. The number of aromatic nitrogens is 1. The number of aromatic carboxylic acids is 1. The summed E-state index contributed by atoms with van der Waals surface area (Å²) < 4.78 is 37.9. The normalized spacial score (nSPS) is 20.8. The molecule has 0 bridgehead atoms. The predicted octanol–water partition coefficient (Wildman–Crippen LogP) is 3.50. The molecule has 4 nitrogen and oxygen atoms in total. The summed E-state index contributed by atoms with van der Waals surface area (Å²) in [5.74, 6) is -2.03. The summed E-state index contributed by atoms with van der Waals surface area (Å²) in [6.45, 7) is 0.557. The van der Waals surface area contributed by atoms with E-state index >= 15 is 0 Å². The van der Waals surface area contributed by atoms with Crippen LogP contribution in [0.4, 0.5) is 18.3 Å². The minimum Gasteiger partial charge on any atom is -0.477 e. The quantitative estimate of drug-likeness (QED) is 0.926. The highest BCUT2D eigenvalue weighted by Crippen LogP contribution is 2.45. The molecular formula is C13H15F3N2O2S. The number of carboxylic acid groups (broad SMARTS) is 1. The molecule has 1 aliphatic heterocycles. The smallest absolute Gasteiger partial charge is 0.391 e. The van der Waals surface area contributed by atoms with Crippen LogP contribution < -0.4 is 4.90 Å². The van der Waals surface area contributed by atoms with Gasteiger partial charge in [-0.3, -0.25) is 0 Å². The van der Waals surface area contributed by atoms with Gasteiger partial charge in [-0.1, -0.05) is 11.3 Å². The second-order valence-corrected chi connectivity index (χ2v) is 6.57. The number of hydrogen-bond donors (Lipinski definition) is 1. The second kappa shape index (κ2) is 5.15. The highest BCUT2D eigenvalue weighted by Gasteiger charge is 2.42. The van der Waals surface area contributed by atoms with Crippen LogP contribution in [0.3, 0.4) is 0 Å². The van der Waals surface area contributed by atoms with Crippen molar-refractivity contribution in [3.63, 3.8) is 0 Å². The first-order chi connectivity index (χ1) is 9.86. The van der Waals surface area contributed by atoms with Crippen LogP contribution in [0.5, 0.6) is 0 Å². The first-order valence-corrected chi connectivity index (χ1v) is 7.73. The van der Waals surface area contributed by atoms with E-state index in [0.717, 1.165) is 24.2 Å². The van der Waals surface area contributed by atoms with Gasteiger partial charge in [-0.05, 0) is 25.7 Å². The van der Waals surface area contributed by atoms with Crippen molar-refractivity contribution in [1.82, 2.24) is 4.98 Å². The first kappa shape index (κ1) is 14.6. The third-order valence-corrected chi connectivity index (χ3v) is 5.15. The van der Waals surface area contributed by atoms with Crippen molar-refractivity contribution in [2.24, 2.45) is 5.92 Å². The van der Waals surface area contributed by atoms with E-state index < -0.39 is 18.1 Å². The van der Waals surface area contributed by atoms with Gasteiger partial charge in [0.05, 0.1) is 11.6 Å². The third kappa shape index (κ3) is 3.00. The fourth-order valence-electron chi connectivity index (χ4n) is 2.64. The van der Waals surface area contributed by atoms with Crippen LogP contribution in [0.1, 0.15) is 47.0 Å². The third-order valence-electron chi connectivity index (χ3n) is 4.03. The lowest BCUT2D eigenvalue weighted by Gasteiger charge is -2.32. The van der Waals surface area contributed by atoms with Gasteiger partial charge in [0.2, 0.25) is 0 Å². The van der Waals surface area contributed by atoms with E-state index in [1.807, 2.05) is 0 Å². The molecule has 116 valence electrons. The van der Waals surface area contributed by atoms with E-state index in [4.69, 9.17) is 0 Å². The largest absolute Gasteiger partial charge is 0.477 e. The molecular weight excluding hydrogens is 305 g/mol. The maximum atomic E-state index is 12.6. The molecule has 1 N–H and O–H groups in total. The molecule has 0 amide bonds. The second-order valence-electron chi connectivity index (χ2n) is 5.59. The van der Waals surface area contributed by atoms with Crippen LogP contribution in [-0.4, -0.2) is 35.3 Å². The molecule has 0 atom stereocenters. The van der Waals surface area contributed by atoms with Crippen LogP contribution in [0.15, 0.2) is 0 Å². The first-order valence-electron chi connectivity index (χ1n) is 6.92. The Morgan fingerprint density at radius 2 is 1.86 bits per heavy atom. The standard InChI is InChI=1S/C13H15F3N2O2S/c14-13(15,16)8-3-5-18(6-4-8)12-17-9(7-1-2-7)10(21-12)11(19)20/h7-8H,1-6H2,(H,19,20). The van der Waals surface area contributed by atoms with Crippen molar-refractivity contribution in [3.8, 4) is 0 Å². The maximum absolute atomic E-state index is 12.6. The molecule has 0 aromatic carbocycles. The zero-order valence-electron chi connectivity index (χ0n) is 11.2. The van der Waals surface area contributed by atoms with Crippen molar-refractivity contribution in [2.45, 2.75) is 37.8 Å². The molecule has 21 heavy (non-hydrogen) atoms. The van der Waals surface area contributed by atoms with Gasteiger partial charge in [0.1, 0.15) is 4.88 Å².